The zero-order valence-corrected chi connectivity index (χ0v) is 11.1. The lowest BCUT2D eigenvalue weighted by Gasteiger charge is -2.23. The molecule has 0 amide bonds. The van der Waals surface area contributed by atoms with Gasteiger partial charge in [-0.25, -0.2) is 9.37 Å². The summed E-state index contributed by atoms with van der Waals surface area (Å²) in [5.41, 5.74) is 0.837. The lowest BCUT2D eigenvalue weighted by molar-refractivity contribution is 0.410. The number of aromatic nitrogens is 2. The molecule has 1 fully saturated rings. The largest absolute Gasteiger partial charge is 0.437 e. The van der Waals surface area contributed by atoms with Crippen LogP contribution >= 0.6 is 0 Å². The fourth-order valence-corrected chi connectivity index (χ4v) is 2.42. The maximum absolute atomic E-state index is 13.2. The van der Waals surface area contributed by atoms with Gasteiger partial charge in [0.1, 0.15) is 17.3 Å². The van der Waals surface area contributed by atoms with Gasteiger partial charge in [-0.05, 0) is 31.5 Å². The second-order valence-electron chi connectivity index (χ2n) is 4.85. The molecule has 0 unspecified atom stereocenters. The SMILES string of the molecule is Fc1cccc(Oc2nccnc2[C@@H]2CCCNC2)c1. The first-order chi connectivity index (χ1) is 9.83. The van der Waals surface area contributed by atoms with Crippen molar-refractivity contribution in [3.63, 3.8) is 0 Å². The van der Waals surface area contributed by atoms with Gasteiger partial charge in [-0.3, -0.25) is 4.98 Å². The molecule has 1 aliphatic rings. The Labute approximate surface area is 117 Å². The molecule has 1 saturated heterocycles. The van der Waals surface area contributed by atoms with Crippen LogP contribution in [-0.2, 0) is 0 Å². The van der Waals surface area contributed by atoms with Gasteiger partial charge in [0.05, 0.1) is 0 Å². The maximum Gasteiger partial charge on any atom is 0.241 e. The van der Waals surface area contributed by atoms with Crippen LogP contribution in [0.4, 0.5) is 4.39 Å². The van der Waals surface area contributed by atoms with Crippen molar-refractivity contribution in [2.45, 2.75) is 18.8 Å². The summed E-state index contributed by atoms with van der Waals surface area (Å²) >= 11 is 0. The van der Waals surface area contributed by atoms with E-state index in [0.717, 1.165) is 31.6 Å². The average Bonchev–Trinajstić information content (AvgIpc) is 2.49. The molecule has 1 aliphatic heterocycles. The van der Waals surface area contributed by atoms with E-state index in [0.29, 0.717) is 17.5 Å². The van der Waals surface area contributed by atoms with E-state index in [1.54, 1.807) is 24.5 Å². The van der Waals surface area contributed by atoms with Gasteiger partial charge >= 0.3 is 0 Å². The highest BCUT2D eigenvalue weighted by Gasteiger charge is 2.21. The Morgan fingerprint density at radius 3 is 2.95 bits per heavy atom. The van der Waals surface area contributed by atoms with Gasteiger partial charge < -0.3 is 10.1 Å². The van der Waals surface area contributed by atoms with E-state index >= 15 is 0 Å². The summed E-state index contributed by atoms with van der Waals surface area (Å²) in [7, 11) is 0. The van der Waals surface area contributed by atoms with E-state index in [4.69, 9.17) is 4.74 Å². The highest BCUT2D eigenvalue weighted by molar-refractivity contribution is 5.31. The second kappa shape index (κ2) is 5.96. The van der Waals surface area contributed by atoms with Crippen LogP contribution in [0.25, 0.3) is 0 Å². The molecule has 0 aliphatic carbocycles. The highest BCUT2D eigenvalue weighted by Crippen LogP contribution is 2.30. The summed E-state index contributed by atoms with van der Waals surface area (Å²) in [5.74, 6) is 0.871. The standard InChI is InChI=1S/C15H16FN3O/c16-12-4-1-5-13(9-12)20-15-14(18-7-8-19-15)11-3-2-6-17-10-11/h1,4-5,7-9,11,17H,2-3,6,10H2/t11-/m1/s1. The molecular formula is C15H16FN3O. The van der Waals surface area contributed by atoms with Crippen LogP contribution in [-0.4, -0.2) is 23.1 Å². The fourth-order valence-electron chi connectivity index (χ4n) is 2.42. The zero-order valence-electron chi connectivity index (χ0n) is 11.1. The second-order valence-corrected chi connectivity index (χ2v) is 4.85. The fraction of sp³-hybridized carbons (Fsp3) is 0.333. The van der Waals surface area contributed by atoms with Gasteiger partial charge in [0.15, 0.2) is 0 Å². The van der Waals surface area contributed by atoms with Crippen molar-refractivity contribution in [2.75, 3.05) is 13.1 Å². The molecule has 1 atom stereocenters. The normalized spacial score (nSPS) is 18.8. The first-order valence-electron chi connectivity index (χ1n) is 6.78. The summed E-state index contributed by atoms with van der Waals surface area (Å²) < 4.78 is 18.9. The molecule has 20 heavy (non-hydrogen) atoms. The first-order valence-corrected chi connectivity index (χ1v) is 6.78. The molecule has 1 aromatic heterocycles. The summed E-state index contributed by atoms with van der Waals surface area (Å²) in [4.78, 5) is 8.64. The van der Waals surface area contributed by atoms with Crippen molar-refractivity contribution < 1.29 is 9.13 Å². The Morgan fingerprint density at radius 2 is 2.15 bits per heavy atom. The van der Waals surface area contributed by atoms with E-state index in [1.165, 1.54) is 12.1 Å². The molecule has 5 heteroatoms. The van der Waals surface area contributed by atoms with Crippen molar-refractivity contribution in [3.05, 3.63) is 48.2 Å². The minimum Gasteiger partial charge on any atom is -0.437 e. The van der Waals surface area contributed by atoms with Gasteiger partial charge in [-0.2, -0.15) is 0 Å². The van der Waals surface area contributed by atoms with Crippen molar-refractivity contribution >= 4 is 0 Å². The third-order valence-corrected chi connectivity index (χ3v) is 3.39. The van der Waals surface area contributed by atoms with Crippen molar-refractivity contribution in [1.29, 1.82) is 0 Å². The molecule has 0 radical (unpaired) electrons. The van der Waals surface area contributed by atoms with Crippen LogP contribution < -0.4 is 10.1 Å². The number of hydrogen-bond acceptors (Lipinski definition) is 4. The molecule has 4 nitrogen and oxygen atoms in total. The number of benzene rings is 1. The highest BCUT2D eigenvalue weighted by atomic mass is 19.1. The summed E-state index contributed by atoms with van der Waals surface area (Å²) in [6, 6.07) is 6.05. The Balaban J connectivity index is 1.85. The topological polar surface area (TPSA) is 47.0 Å². The van der Waals surface area contributed by atoms with Gasteiger partial charge in [0.25, 0.3) is 0 Å². The predicted molar refractivity (Wildman–Crippen MR) is 73.4 cm³/mol. The van der Waals surface area contributed by atoms with Gasteiger partial charge in [0.2, 0.25) is 5.88 Å². The predicted octanol–water partition coefficient (Wildman–Crippen LogP) is 2.88. The summed E-state index contributed by atoms with van der Waals surface area (Å²) in [5, 5.41) is 3.35. The van der Waals surface area contributed by atoms with Crippen LogP contribution in [0.2, 0.25) is 0 Å². The first kappa shape index (κ1) is 13.0. The van der Waals surface area contributed by atoms with E-state index in [1.807, 2.05) is 0 Å². The third kappa shape index (κ3) is 2.93. The summed E-state index contributed by atoms with van der Waals surface area (Å²) in [6.45, 7) is 1.91. The number of ether oxygens (including phenoxy) is 1. The smallest absolute Gasteiger partial charge is 0.241 e. The molecular weight excluding hydrogens is 257 g/mol. The molecule has 2 aromatic rings. The van der Waals surface area contributed by atoms with Gasteiger partial charge in [-0.1, -0.05) is 6.07 Å². The quantitative estimate of drug-likeness (QED) is 0.934. The number of nitrogens with one attached hydrogen (secondary N) is 1. The molecule has 1 aromatic carbocycles. The molecule has 2 heterocycles. The number of hydrogen-bond donors (Lipinski definition) is 1. The van der Waals surface area contributed by atoms with E-state index in [9.17, 15) is 4.39 Å². The Morgan fingerprint density at radius 1 is 1.25 bits per heavy atom. The molecule has 0 saturated carbocycles. The number of nitrogens with zero attached hydrogens (tertiary/aromatic N) is 2. The number of halogens is 1. The lowest BCUT2D eigenvalue weighted by atomic mass is 9.96. The van der Waals surface area contributed by atoms with Crippen LogP contribution in [0.3, 0.4) is 0 Å². The van der Waals surface area contributed by atoms with Crippen molar-refractivity contribution in [1.82, 2.24) is 15.3 Å². The van der Waals surface area contributed by atoms with Crippen LogP contribution in [0.5, 0.6) is 11.6 Å². The van der Waals surface area contributed by atoms with E-state index in [2.05, 4.69) is 15.3 Å². The van der Waals surface area contributed by atoms with Crippen molar-refractivity contribution in [3.8, 4) is 11.6 Å². The Kier molecular flexibility index (Phi) is 3.87. The Hall–Kier alpha value is -2.01. The van der Waals surface area contributed by atoms with Crippen LogP contribution in [0.15, 0.2) is 36.7 Å². The molecule has 1 N–H and O–H groups in total. The minimum atomic E-state index is -0.327. The van der Waals surface area contributed by atoms with Gasteiger partial charge in [0, 0.05) is 30.9 Å². The monoisotopic (exact) mass is 273 g/mol. The average molecular weight is 273 g/mol. The minimum absolute atomic E-state index is 0.293. The number of piperidine rings is 1. The number of rotatable bonds is 3. The van der Waals surface area contributed by atoms with E-state index in [-0.39, 0.29) is 5.82 Å². The molecule has 3 rings (SSSR count). The Bertz CT molecular complexity index is 585. The lowest BCUT2D eigenvalue weighted by Crippen LogP contribution is -2.29. The van der Waals surface area contributed by atoms with Crippen LogP contribution in [0.1, 0.15) is 24.5 Å². The molecule has 0 bridgehead atoms. The molecule has 0 spiro atoms. The zero-order chi connectivity index (χ0) is 13.8. The van der Waals surface area contributed by atoms with E-state index < -0.39 is 0 Å². The maximum atomic E-state index is 13.2. The third-order valence-electron chi connectivity index (χ3n) is 3.39. The van der Waals surface area contributed by atoms with Crippen molar-refractivity contribution in [2.24, 2.45) is 0 Å². The van der Waals surface area contributed by atoms with Crippen LogP contribution in [0, 0.1) is 5.82 Å². The van der Waals surface area contributed by atoms with Gasteiger partial charge in [-0.15, -0.1) is 0 Å². The molecule has 104 valence electrons. The summed E-state index contributed by atoms with van der Waals surface area (Å²) in [6.07, 6.45) is 5.43.